The zero-order valence-corrected chi connectivity index (χ0v) is 14.8. The molecule has 0 saturated heterocycles. The highest BCUT2D eigenvalue weighted by molar-refractivity contribution is 5.77. The summed E-state index contributed by atoms with van der Waals surface area (Å²) in [6.45, 7) is 5.66. The van der Waals surface area contributed by atoms with Crippen LogP contribution in [-0.2, 0) is 11.2 Å². The van der Waals surface area contributed by atoms with E-state index in [-0.39, 0.29) is 11.9 Å². The number of carbonyl (C=O) groups excluding carboxylic acids is 1. The molecule has 130 valence electrons. The summed E-state index contributed by atoms with van der Waals surface area (Å²) in [7, 11) is 3.22. The largest absolute Gasteiger partial charge is 0.497 e. The van der Waals surface area contributed by atoms with E-state index in [9.17, 15) is 4.79 Å². The van der Waals surface area contributed by atoms with Crippen LogP contribution in [0.5, 0.6) is 11.5 Å². The van der Waals surface area contributed by atoms with Gasteiger partial charge in [-0.3, -0.25) is 4.79 Å². The number of aryl methyl sites for hydroxylation is 2. The van der Waals surface area contributed by atoms with Gasteiger partial charge in [0.25, 0.3) is 0 Å². The fourth-order valence-electron chi connectivity index (χ4n) is 2.67. The lowest BCUT2D eigenvalue weighted by Crippen LogP contribution is -2.27. The van der Waals surface area contributed by atoms with Crippen LogP contribution >= 0.6 is 0 Å². The van der Waals surface area contributed by atoms with Crippen LogP contribution in [0.25, 0.3) is 0 Å². The third-order valence-corrected chi connectivity index (χ3v) is 4.06. The van der Waals surface area contributed by atoms with Gasteiger partial charge in [0.05, 0.1) is 26.0 Å². The van der Waals surface area contributed by atoms with E-state index in [1.54, 1.807) is 14.2 Å². The number of rotatable bonds is 7. The minimum atomic E-state index is -0.188. The summed E-state index contributed by atoms with van der Waals surface area (Å²) in [5.41, 5.74) is 2.71. The molecular formula is C18H24N2O4. The Labute approximate surface area is 142 Å². The zero-order valence-electron chi connectivity index (χ0n) is 14.8. The first-order valence-electron chi connectivity index (χ1n) is 7.89. The van der Waals surface area contributed by atoms with E-state index in [0.29, 0.717) is 18.6 Å². The molecular weight excluding hydrogens is 308 g/mol. The molecule has 1 aromatic heterocycles. The van der Waals surface area contributed by atoms with Gasteiger partial charge < -0.3 is 19.3 Å². The first-order valence-corrected chi connectivity index (χ1v) is 7.89. The summed E-state index contributed by atoms with van der Waals surface area (Å²) in [6.07, 6.45) is 0.981. The maximum absolute atomic E-state index is 12.3. The molecule has 2 rings (SSSR count). The monoisotopic (exact) mass is 332 g/mol. The second-order valence-corrected chi connectivity index (χ2v) is 5.70. The first-order chi connectivity index (χ1) is 11.5. The quantitative estimate of drug-likeness (QED) is 0.843. The van der Waals surface area contributed by atoms with E-state index in [0.717, 1.165) is 28.3 Å². The summed E-state index contributed by atoms with van der Waals surface area (Å²) in [6, 6.07) is 5.35. The third-order valence-electron chi connectivity index (χ3n) is 4.06. The maximum Gasteiger partial charge on any atom is 0.220 e. The Morgan fingerprint density at radius 3 is 2.62 bits per heavy atom. The van der Waals surface area contributed by atoms with Crippen molar-refractivity contribution in [3.63, 3.8) is 0 Å². The normalized spacial score (nSPS) is 11.9. The summed E-state index contributed by atoms with van der Waals surface area (Å²) in [5, 5.41) is 6.91. The molecule has 0 aliphatic rings. The Hall–Kier alpha value is -2.50. The Morgan fingerprint density at radius 2 is 2.04 bits per heavy atom. The average Bonchev–Trinajstić information content (AvgIpc) is 2.90. The van der Waals surface area contributed by atoms with Gasteiger partial charge in [-0.05, 0) is 45.4 Å². The SMILES string of the molecule is COc1ccc(OC)c([C@@H](C)NC(=O)CCc2c(C)noc2C)c1. The molecule has 6 heteroatoms. The number of ether oxygens (including phenoxy) is 2. The third kappa shape index (κ3) is 4.07. The second-order valence-electron chi connectivity index (χ2n) is 5.70. The lowest BCUT2D eigenvalue weighted by molar-refractivity contribution is -0.121. The Kier molecular flexibility index (Phi) is 5.84. The van der Waals surface area contributed by atoms with Crippen LogP contribution in [0, 0.1) is 13.8 Å². The van der Waals surface area contributed by atoms with Crippen LogP contribution in [0.1, 0.15) is 42.0 Å². The van der Waals surface area contributed by atoms with Crippen molar-refractivity contribution in [2.45, 2.75) is 39.7 Å². The number of methoxy groups -OCH3 is 2. The second kappa shape index (κ2) is 7.86. The van der Waals surface area contributed by atoms with E-state index < -0.39 is 0 Å². The lowest BCUT2D eigenvalue weighted by Gasteiger charge is -2.18. The molecule has 0 fully saturated rings. The van der Waals surface area contributed by atoms with Crippen LogP contribution in [0.2, 0.25) is 0 Å². The Balaban J connectivity index is 2.01. The standard InChI is InChI=1S/C18H24N2O4/c1-11(16-10-14(22-4)6-8-17(16)23-5)19-18(21)9-7-15-12(2)20-24-13(15)3/h6,8,10-11H,7,9H2,1-5H3,(H,19,21)/t11-/m1/s1. The summed E-state index contributed by atoms with van der Waals surface area (Å²) in [4.78, 5) is 12.3. The molecule has 2 aromatic rings. The molecule has 1 N–H and O–H groups in total. The number of nitrogens with one attached hydrogen (secondary N) is 1. The number of carbonyl (C=O) groups is 1. The van der Waals surface area contributed by atoms with Crippen molar-refractivity contribution in [3.8, 4) is 11.5 Å². The number of hydrogen-bond donors (Lipinski definition) is 1. The predicted molar refractivity (Wildman–Crippen MR) is 90.4 cm³/mol. The number of aromatic nitrogens is 1. The van der Waals surface area contributed by atoms with Crippen LogP contribution in [0.3, 0.4) is 0 Å². The summed E-state index contributed by atoms with van der Waals surface area (Å²) in [5.74, 6) is 2.17. The number of nitrogens with zero attached hydrogens (tertiary/aromatic N) is 1. The molecule has 0 bridgehead atoms. The van der Waals surface area contributed by atoms with Crippen LogP contribution < -0.4 is 14.8 Å². The molecule has 0 radical (unpaired) electrons. The number of hydrogen-bond acceptors (Lipinski definition) is 5. The van der Waals surface area contributed by atoms with Crippen molar-refractivity contribution < 1.29 is 18.8 Å². The van der Waals surface area contributed by atoms with Gasteiger partial charge in [0.2, 0.25) is 5.91 Å². The Morgan fingerprint density at radius 1 is 1.29 bits per heavy atom. The zero-order chi connectivity index (χ0) is 17.7. The molecule has 1 aromatic carbocycles. The number of amides is 1. The molecule has 0 saturated carbocycles. The van der Waals surface area contributed by atoms with Crippen molar-refractivity contribution >= 4 is 5.91 Å². The highest BCUT2D eigenvalue weighted by atomic mass is 16.5. The molecule has 0 spiro atoms. The molecule has 24 heavy (non-hydrogen) atoms. The Bertz CT molecular complexity index is 690. The van der Waals surface area contributed by atoms with Gasteiger partial charge in [0, 0.05) is 17.5 Å². The van der Waals surface area contributed by atoms with Crippen LogP contribution in [-0.4, -0.2) is 25.3 Å². The summed E-state index contributed by atoms with van der Waals surface area (Å²) < 4.78 is 15.7. The highest BCUT2D eigenvalue weighted by Gasteiger charge is 2.16. The minimum absolute atomic E-state index is 0.0348. The maximum atomic E-state index is 12.3. The van der Waals surface area contributed by atoms with Crippen molar-refractivity contribution in [2.24, 2.45) is 0 Å². The van der Waals surface area contributed by atoms with Gasteiger partial charge in [-0.25, -0.2) is 0 Å². The van der Waals surface area contributed by atoms with E-state index in [1.807, 2.05) is 39.0 Å². The fourth-order valence-corrected chi connectivity index (χ4v) is 2.67. The topological polar surface area (TPSA) is 73.6 Å². The number of benzene rings is 1. The molecule has 0 unspecified atom stereocenters. The van der Waals surface area contributed by atoms with E-state index in [1.165, 1.54) is 0 Å². The van der Waals surface area contributed by atoms with Crippen LogP contribution in [0.4, 0.5) is 0 Å². The lowest BCUT2D eigenvalue weighted by atomic mass is 10.1. The van der Waals surface area contributed by atoms with Crippen molar-refractivity contribution in [3.05, 3.63) is 40.8 Å². The van der Waals surface area contributed by atoms with E-state index in [2.05, 4.69) is 10.5 Å². The molecule has 0 aliphatic heterocycles. The first kappa shape index (κ1) is 17.8. The van der Waals surface area contributed by atoms with Gasteiger partial charge in [-0.15, -0.1) is 0 Å². The molecule has 1 atom stereocenters. The predicted octanol–water partition coefficient (Wildman–Crippen LogP) is 3.12. The van der Waals surface area contributed by atoms with E-state index in [4.69, 9.17) is 14.0 Å². The van der Waals surface area contributed by atoms with Crippen molar-refractivity contribution in [1.82, 2.24) is 10.5 Å². The smallest absolute Gasteiger partial charge is 0.220 e. The highest BCUT2D eigenvalue weighted by Crippen LogP contribution is 2.29. The molecule has 1 amide bonds. The van der Waals surface area contributed by atoms with Gasteiger partial charge in [0.1, 0.15) is 17.3 Å². The molecule has 1 heterocycles. The van der Waals surface area contributed by atoms with Gasteiger partial charge >= 0.3 is 0 Å². The van der Waals surface area contributed by atoms with Gasteiger partial charge in [-0.1, -0.05) is 5.16 Å². The van der Waals surface area contributed by atoms with Gasteiger partial charge in [-0.2, -0.15) is 0 Å². The molecule has 6 nitrogen and oxygen atoms in total. The van der Waals surface area contributed by atoms with Crippen molar-refractivity contribution in [1.29, 1.82) is 0 Å². The van der Waals surface area contributed by atoms with Crippen molar-refractivity contribution in [2.75, 3.05) is 14.2 Å². The minimum Gasteiger partial charge on any atom is -0.497 e. The fraction of sp³-hybridized carbons (Fsp3) is 0.444. The van der Waals surface area contributed by atoms with Crippen LogP contribution in [0.15, 0.2) is 22.7 Å². The summed E-state index contributed by atoms with van der Waals surface area (Å²) >= 11 is 0. The molecule has 0 aliphatic carbocycles. The average molecular weight is 332 g/mol. The van der Waals surface area contributed by atoms with E-state index >= 15 is 0 Å². The van der Waals surface area contributed by atoms with Gasteiger partial charge in [0.15, 0.2) is 0 Å².